The van der Waals surface area contributed by atoms with Crippen molar-refractivity contribution in [2.75, 3.05) is 11.9 Å². The number of aromatic nitrogens is 1. The molecule has 0 saturated carbocycles. The van der Waals surface area contributed by atoms with Crippen molar-refractivity contribution in [1.29, 1.82) is 0 Å². The van der Waals surface area contributed by atoms with Crippen LogP contribution >= 0.6 is 11.8 Å². The first-order valence-electron chi connectivity index (χ1n) is 12.3. The number of hydrogen-bond acceptors (Lipinski definition) is 4. The quantitative estimate of drug-likeness (QED) is 0.385. The van der Waals surface area contributed by atoms with E-state index in [-0.39, 0.29) is 12.0 Å². The van der Waals surface area contributed by atoms with E-state index < -0.39 is 17.1 Å². The number of nitrogens with one attached hydrogen (secondary N) is 1. The van der Waals surface area contributed by atoms with E-state index in [2.05, 4.69) is 54.9 Å². The Hall–Kier alpha value is -3.58. The van der Waals surface area contributed by atoms with Crippen LogP contribution in [0.3, 0.4) is 0 Å². The van der Waals surface area contributed by atoms with Crippen LogP contribution in [0.4, 0.5) is 10.5 Å². The zero-order chi connectivity index (χ0) is 27.1. The lowest BCUT2D eigenvalue weighted by molar-refractivity contribution is -0.127. The van der Waals surface area contributed by atoms with Gasteiger partial charge in [-0.1, -0.05) is 51.1 Å². The van der Waals surface area contributed by atoms with Gasteiger partial charge in [-0.3, -0.25) is 19.3 Å². The fraction of sp³-hybridized carbons (Fsp3) is 0.300. The predicted octanol–water partition coefficient (Wildman–Crippen LogP) is 6.68. The van der Waals surface area contributed by atoms with Gasteiger partial charge < -0.3 is 9.88 Å². The lowest BCUT2D eigenvalue weighted by Gasteiger charge is -2.20. The third-order valence-electron chi connectivity index (χ3n) is 6.67. The number of para-hydroxylation sites is 1. The van der Waals surface area contributed by atoms with Crippen LogP contribution in [0.2, 0.25) is 0 Å². The molecule has 1 N–H and O–H groups in total. The first kappa shape index (κ1) is 26.5. The Morgan fingerprint density at radius 3 is 2.19 bits per heavy atom. The number of carbonyl (C=O) groups is 3. The summed E-state index contributed by atoms with van der Waals surface area (Å²) in [5.74, 6) is -0.858. The number of imide groups is 1. The highest BCUT2D eigenvalue weighted by Gasteiger charge is 2.36. The Balaban J connectivity index is 1.54. The van der Waals surface area contributed by atoms with E-state index in [9.17, 15) is 14.4 Å². The predicted molar refractivity (Wildman–Crippen MR) is 151 cm³/mol. The molecule has 3 amide bonds. The third-order valence-corrected chi connectivity index (χ3v) is 7.58. The van der Waals surface area contributed by atoms with Crippen molar-refractivity contribution in [3.8, 4) is 5.69 Å². The molecule has 2 aromatic carbocycles. The standard InChI is InChI=1S/C30H33N3O3S/c1-18-9-8-10-19(2)27(18)31-26(34)17-32-28(35)25(37-29(32)36)16-22-15-20(3)33(21(22)4)24-13-11-23(12-14-24)30(5,6)7/h8-16H,17H2,1-7H3,(H,31,34)/b25-16-. The van der Waals surface area contributed by atoms with Gasteiger partial charge in [-0.2, -0.15) is 0 Å². The fourth-order valence-corrected chi connectivity index (χ4v) is 5.38. The Kier molecular flexibility index (Phi) is 7.20. The van der Waals surface area contributed by atoms with E-state index in [1.165, 1.54) is 5.56 Å². The van der Waals surface area contributed by atoms with Gasteiger partial charge in [0, 0.05) is 22.8 Å². The lowest BCUT2D eigenvalue weighted by atomic mass is 9.87. The molecule has 0 spiro atoms. The fourth-order valence-electron chi connectivity index (χ4n) is 4.55. The molecule has 2 heterocycles. The monoisotopic (exact) mass is 515 g/mol. The van der Waals surface area contributed by atoms with Crippen molar-refractivity contribution < 1.29 is 14.4 Å². The Morgan fingerprint density at radius 1 is 0.973 bits per heavy atom. The van der Waals surface area contributed by atoms with Crippen LogP contribution < -0.4 is 5.32 Å². The molecular formula is C30H33N3O3S. The van der Waals surface area contributed by atoms with Crippen molar-refractivity contribution in [3.05, 3.63) is 87.1 Å². The van der Waals surface area contributed by atoms with Crippen molar-refractivity contribution in [2.45, 2.75) is 53.9 Å². The van der Waals surface area contributed by atoms with Crippen molar-refractivity contribution in [3.63, 3.8) is 0 Å². The number of rotatable bonds is 5. The molecule has 0 atom stereocenters. The summed E-state index contributed by atoms with van der Waals surface area (Å²) in [6.07, 6.45) is 1.75. The molecule has 1 aliphatic rings. The number of hydrogen-bond donors (Lipinski definition) is 1. The first-order chi connectivity index (χ1) is 17.4. The van der Waals surface area contributed by atoms with Gasteiger partial charge in [0.15, 0.2) is 0 Å². The number of amides is 3. The number of anilines is 1. The third kappa shape index (κ3) is 5.42. The minimum Gasteiger partial charge on any atom is -0.324 e. The molecule has 1 saturated heterocycles. The van der Waals surface area contributed by atoms with Gasteiger partial charge in [-0.15, -0.1) is 0 Å². The van der Waals surface area contributed by atoms with Crippen LogP contribution in [0.25, 0.3) is 11.8 Å². The number of aryl methyl sites for hydroxylation is 3. The molecule has 0 radical (unpaired) electrons. The smallest absolute Gasteiger partial charge is 0.294 e. The number of carbonyl (C=O) groups excluding carboxylic acids is 3. The highest BCUT2D eigenvalue weighted by Crippen LogP contribution is 2.34. The minimum absolute atomic E-state index is 0.0724. The van der Waals surface area contributed by atoms with Crippen LogP contribution in [0.5, 0.6) is 0 Å². The van der Waals surface area contributed by atoms with Gasteiger partial charge in [0.25, 0.3) is 11.1 Å². The molecule has 6 nitrogen and oxygen atoms in total. The van der Waals surface area contributed by atoms with Crippen molar-refractivity contribution >= 4 is 40.6 Å². The van der Waals surface area contributed by atoms with Gasteiger partial charge >= 0.3 is 0 Å². The van der Waals surface area contributed by atoms with E-state index in [0.717, 1.165) is 50.4 Å². The van der Waals surface area contributed by atoms with E-state index in [1.54, 1.807) is 6.08 Å². The molecule has 0 aliphatic carbocycles. The van der Waals surface area contributed by atoms with E-state index >= 15 is 0 Å². The lowest BCUT2D eigenvalue weighted by Crippen LogP contribution is -2.36. The Labute approximate surface area is 222 Å². The molecule has 1 aliphatic heterocycles. The van der Waals surface area contributed by atoms with Gasteiger partial charge in [-0.05, 0) is 91.4 Å². The van der Waals surface area contributed by atoms with Gasteiger partial charge in [0.1, 0.15) is 6.54 Å². The Bertz CT molecular complexity index is 1410. The molecule has 7 heteroatoms. The van der Waals surface area contributed by atoms with E-state index in [1.807, 2.05) is 52.0 Å². The van der Waals surface area contributed by atoms with Crippen LogP contribution in [0.1, 0.15) is 54.4 Å². The first-order valence-corrected chi connectivity index (χ1v) is 13.1. The topological polar surface area (TPSA) is 71.4 Å². The summed E-state index contributed by atoms with van der Waals surface area (Å²) in [5.41, 5.74) is 7.79. The molecule has 1 aromatic heterocycles. The number of nitrogens with zero attached hydrogens (tertiary/aromatic N) is 2. The normalized spacial score (nSPS) is 15.1. The van der Waals surface area contributed by atoms with Crippen molar-refractivity contribution in [2.24, 2.45) is 0 Å². The molecule has 0 bridgehead atoms. The molecular weight excluding hydrogens is 482 g/mol. The van der Waals surface area contributed by atoms with Crippen LogP contribution in [0, 0.1) is 27.7 Å². The summed E-state index contributed by atoms with van der Waals surface area (Å²) in [7, 11) is 0. The van der Waals surface area contributed by atoms with Crippen LogP contribution in [-0.2, 0) is 15.0 Å². The van der Waals surface area contributed by atoms with Crippen LogP contribution in [0.15, 0.2) is 53.4 Å². The molecule has 37 heavy (non-hydrogen) atoms. The summed E-state index contributed by atoms with van der Waals surface area (Å²) in [4.78, 5) is 39.7. The number of benzene rings is 2. The van der Waals surface area contributed by atoms with Crippen molar-refractivity contribution in [1.82, 2.24) is 9.47 Å². The number of thioether (sulfide) groups is 1. The second kappa shape index (κ2) is 10.1. The van der Waals surface area contributed by atoms with Gasteiger partial charge in [0.05, 0.1) is 4.91 Å². The van der Waals surface area contributed by atoms with Gasteiger partial charge in [0.2, 0.25) is 5.91 Å². The average Bonchev–Trinajstić information content (AvgIpc) is 3.25. The summed E-state index contributed by atoms with van der Waals surface area (Å²) in [6.45, 7) is 14.1. The van der Waals surface area contributed by atoms with Gasteiger partial charge in [-0.25, -0.2) is 0 Å². The second-order valence-corrected chi connectivity index (χ2v) is 11.5. The summed E-state index contributed by atoms with van der Waals surface area (Å²) in [6, 6.07) is 16.2. The molecule has 1 fully saturated rings. The summed E-state index contributed by atoms with van der Waals surface area (Å²) < 4.78 is 2.14. The zero-order valence-corrected chi connectivity index (χ0v) is 23.2. The zero-order valence-electron chi connectivity index (χ0n) is 22.4. The van der Waals surface area contributed by atoms with E-state index in [4.69, 9.17) is 0 Å². The summed E-state index contributed by atoms with van der Waals surface area (Å²) in [5, 5.41) is 2.40. The molecule has 192 valence electrons. The maximum Gasteiger partial charge on any atom is 0.294 e. The molecule has 4 rings (SSSR count). The van der Waals surface area contributed by atoms with Crippen LogP contribution in [-0.4, -0.2) is 33.1 Å². The Morgan fingerprint density at radius 2 is 1.59 bits per heavy atom. The average molecular weight is 516 g/mol. The maximum absolute atomic E-state index is 13.1. The SMILES string of the molecule is Cc1cccc(C)c1NC(=O)CN1C(=O)S/C(=C\c2cc(C)n(-c3ccc(C(C)(C)C)cc3)c2C)C1=O. The maximum atomic E-state index is 13.1. The molecule has 3 aromatic rings. The summed E-state index contributed by atoms with van der Waals surface area (Å²) >= 11 is 0.865. The minimum atomic E-state index is -0.453. The largest absolute Gasteiger partial charge is 0.324 e. The second-order valence-electron chi connectivity index (χ2n) is 10.5. The van der Waals surface area contributed by atoms with E-state index in [0.29, 0.717) is 10.6 Å². The highest BCUT2D eigenvalue weighted by atomic mass is 32.2. The molecule has 0 unspecified atom stereocenters. The highest BCUT2D eigenvalue weighted by molar-refractivity contribution is 8.18.